The lowest BCUT2D eigenvalue weighted by Crippen LogP contribution is -2.60. The van der Waals surface area contributed by atoms with Gasteiger partial charge in [0.25, 0.3) is 0 Å². The third-order valence-corrected chi connectivity index (χ3v) is 5.39. The summed E-state index contributed by atoms with van der Waals surface area (Å²) in [7, 11) is 1.62. The highest BCUT2D eigenvalue weighted by Gasteiger charge is 2.34. The van der Waals surface area contributed by atoms with Crippen molar-refractivity contribution in [1.82, 2.24) is 29.9 Å². The average molecular weight is 399 g/mol. The van der Waals surface area contributed by atoms with E-state index in [4.69, 9.17) is 0 Å². The zero-order valence-electron chi connectivity index (χ0n) is 17.5. The van der Waals surface area contributed by atoms with Gasteiger partial charge in [-0.1, -0.05) is 30.3 Å². The maximum atomic E-state index is 12.9. The number of amides is 2. The van der Waals surface area contributed by atoms with Crippen molar-refractivity contribution in [3.8, 4) is 0 Å². The molecular formula is C21H30N6O2. The number of hydrogen-bond acceptors (Lipinski definition) is 5. The number of nitrogens with one attached hydrogen (secondary N) is 1. The van der Waals surface area contributed by atoms with Gasteiger partial charge in [0.2, 0.25) is 11.8 Å². The molecular weight excluding hydrogens is 368 g/mol. The Labute approximate surface area is 171 Å². The van der Waals surface area contributed by atoms with Crippen LogP contribution in [0, 0.1) is 13.8 Å². The molecule has 0 spiro atoms. The van der Waals surface area contributed by atoms with Crippen molar-refractivity contribution in [2.75, 3.05) is 33.2 Å². The van der Waals surface area contributed by atoms with Crippen molar-refractivity contribution in [3.63, 3.8) is 0 Å². The molecule has 0 radical (unpaired) electrons. The summed E-state index contributed by atoms with van der Waals surface area (Å²) >= 11 is 0. The molecule has 0 bridgehead atoms. The van der Waals surface area contributed by atoms with Crippen molar-refractivity contribution >= 4 is 11.8 Å². The Morgan fingerprint density at radius 3 is 2.55 bits per heavy atom. The van der Waals surface area contributed by atoms with Crippen LogP contribution >= 0.6 is 0 Å². The Bertz CT molecular complexity index is 835. The van der Waals surface area contributed by atoms with Crippen molar-refractivity contribution in [2.24, 2.45) is 0 Å². The Kier molecular flexibility index (Phi) is 6.98. The van der Waals surface area contributed by atoms with Crippen LogP contribution in [-0.2, 0) is 22.6 Å². The highest BCUT2D eigenvalue weighted by atomic mass is 16.2. The Hall–Kier alpha value is -2.74. The summed E-state index contributed by atoms with van der Waals surface area (Å²) in [6.07, 6.45) is 1.24. The molecule has 8 nitrogen and oxygen atoms in total. The number of piperazine rings is 1. The SMILES string of the molecule is CNC(=O)C1CN(CCc2ccccc2)CCN1C(=O)CCn1nc(C)nc1C. The average Bonchev–Trinajstić information content (AvgIpc) is 3.07. The first-order chi connectivity index (χ1) is 14.0. The maximum Gasteiger partial charge on any atom is 0.243 e. The van der Waals surface area contributed by atoms with Gasteiger partial charge in [-0.25, -0.2) is 9.67 Å². The molecule has 0 saturated carbocycles. The van der Waals surface area contributed by atoms with Gasteiger partial charge >= 0.3 is 0 Å². The largest absolute Gasteiger partial charge is 0.357 e. The van der Waals surface area contributed by atoms with Crippen molar-refractivity contribution in [3.05, 3.63) is 47.5 Å². The lowest BCUT2D eigenvalue weighted by molar-refractivity contribution is -0.144. The van der Waals surface area contributed by atoms with E-state index in [0.717, 1.165) is 25.3 Å². The molecule has 2 aromatic rings. The third-order valence-electron chi connectivity index (χ3n) is 5.39. The fourth-order valence-electron chi connectivity index (χ4n) is 3.78. The van der Waals surface area contributed by atoms with E-state index < -0.39 is 6.04 Å². The zero-order chi connectivity index (χ0) is 20.8. The van der Waals surface area contributed by atoms with Crippen molar-refractivity contribution < 1.29 is 9.59 Å². The van der Waals surface area contributed by atoms with Crippen LogP contribution in [-0.4, -0.2) is 75.6 Å². The fraction of sp³-hybridized carbons (Fsp3) is 0.524. The molecule has 156 valence electrons. The summed E-state index contributed by atoms with van der Waals surface area (Å²) in [6, 6.07) is 9.86. The van der Waals surface area contributed by atoms with Crippen LogP contribution in [0.5, 0.6) is 0 Å². The standard InChI is InChI=1S/C21H30N6O2/c1-16-23-17(2)27(24-16)12-10-20(28)26-14-13-25(15-19(26)21(29)22-3)11-9-18-7-5-4-6-8-18/h4-8,19H,9-15H2,1-3H3,(H,22,29). The molecule has 1 aromatic carbocycles. The van der Waals surface area contributed by atoms with Crippen LogP contribution in [0.4, 0.5) is 0 Å². The highest BCUT2D eigenvalue weighted by molar-refractivity contribution is 5.88. The first kappa shape index (κ1) is 21.0. The Balaban J connectivity index is 1.58. The van der Waals surface area contributed by atoms with Gasteiger partial charge < -0.3 is 10.2 Å². The minimum Gasteiger partial charge on any atom is -0.357 e. The number of carbonyl (C=O) groups excluding carboxylic acids is 2. The topological polar surface area (TPSA) is 83.4 Å². The number of aryl methyl sites for hydroxylation is 3. The monoisotopic (exact) mass is 398 g/mol. The molecule has 29 heavy (non-hydrogen) atoms. The van der Waals surface area contributed by atoms with E-state index in [2.05, 4.69) is 32.4 Å². The normalized spacial score (nSPS) is 17.3. The van der Waals surface area contributed by atoms with Gasteiger partial charge in [-0.05, 0) is 25.8 Å². The van der Waals surface area contributed by atoms with Crippen LogP contribution in [0.1, 0.15) is 23.6 Å². The number of carbonyl (C=O) groups is 2. The van der Waals surface area contributed by atoms with Crippen molar-refractivity contribution in [1.29, 1.82) is 0 Å². The van der Waals surface area contributed by atoms with Gasteiger partial charge in [0.1, 0.15) is 17.7 Å². The summed E-state index contributed by atoms with van der Waals surface area (Å²) in [5, 5.41) is 7.02. The van der Waals surface area contributed by atoms with Gasteiger partial charge in [0, 0.05) is 39.6 Å². The maximum absolute atomic E-state index is 12.9. The number of hydrogen-bond donors (Lipinski definition) is 1. The highest BCUT2D eigenvalue weighted by Crippen LogP contribution is 2.14. The molecule has 0 aliphatic carbocycles. The first-order valence-electron chi connectivity index (χ1n) is 10.1. The van der Waals surface area contributed by atoms with Crippen LogP contribution in [0.15, 0.2) is 30.3 Å². The molecule has 1 saturated heterocycles. The van der Waals surface area contributed by atoms with Crippen LogP contribution < -0.4 is 5.32 Å². The van der Waals surface area contributed by atoms with Crippen LogP contribution in [0.3, 0.4) is 0 Å². The summed E-state index contributed by atoms with van der Waals surface area (Å²) in [5.41, 5.74) is 1.28. The predicted molar refractivity (Wildman–Crippen MR) is 110 cm³/mol. The summed E-state index contributed by atoms with van der Waals surface area (Å²) in [4.78, 5) is 33.6. The third kappa shape index (κ3) is 5.41. The molecule has 8 heteroatoms. The summed E-state index contributed by atoms with van der Waals surface area (Å²) in [5.74, 6) is 1.36. The quantitative estimate of drug-likeness (QED) is 0.746. The molecule has 1 aliphatic heterocycles. The molecule has 2 amide bonds. The lowest BCUT2D eigenvalue weighted by atomic mass is 10.1. The molecule has 1 N–H and O–H groups in total. The number of benzene rings is 1. The molecule has 2 heterocycles. The second kappa shape index (κ2) is 9.65. The van der Waals surface area contributed by atoms with Gasteiger partial charge in [-0.15, -0.1) is 0 Å². The molecule has 1 aliphatic rings. The number of aromatic nitrogens is 3. The second-order valence-electron chi connectivity index (χ2n) is 7.43. The minimum atomic E-state index is -0.462. The van der Waals surface area contributed by atoms with E-state index >= 15 is 0 Å². The predicted octanol–water partition coefficient (Wildman–Crippen LogP) is 0.787. The van der Waals surface area contributed by atoms with Gasteiger partial charge in [0.05, 0.1) is 6.54 Å². The van der Waals surface area contributed by atoms with E-state index in [1.807, 2.05) is 32.0 Å². The molecule has 1 atom stereocenters. The molecule has 3 rings (SSSR count). The number of likely N-dealkylation sites (N-methyl/N-ethyl adjacent to an activating group) is 1. The number of rotatable bonds is 7. The van der Waals surface area contributed by atoms with Crippen LogP contribution in [0.25, 0.3) is 0 Å². The second-order valence-corrected chi connectivity index (χ2v) is 7.43. The summed E-state index contributed by atoms with van der Waals surface area (Å²) < 4.78 is 1.75. The smallest absolute Gasteiger partial charge is 0.243 e. The van der Waals surface area contributed by atoms with E-state index in [9.17, 15) is 9.59 Å². The van der Waals surface area contributed by atoms with E-state index in [1.165, 1.54) is 5.56 Å². The zero-order valence-corrected chi connectivity index (χ0v) is 17.5. The van der Waals surface area contributed by atoms with E-state index in [0.29, 0.717) is 31.9 Å². The van der Waals surface area contributed by atoms with Crippen LogP contribution in [0.2, 0.25) is 0 Å². The Morgan fingerprint density at radius 1 is 1.14 bits per heavy atom. The Morgan fingerprint density at radius 2 is 1.90 bits per heavy atom. The molecule has 1 fully saturated rings. The lowest BCUT2D eigenvalue weighted by Gasteiger charge is -2.40. The van der Waals surface area contributed by atoms with Gasteiger partial charge in [0.15, 0.2) is 0 Å². The fourth-order valence-corrected chi connectivity index (χ4v) is 3.78. The summed E-state index contributed by atoms with van der Waals surface area (Å²) in [6.45, 7) is 6.94. The number of nitrogens with zero attached hydrogens (tertiary/aromatic N) is 5. The molecule has 1 unspecified atom stereocenters. The molecule has 1 aromatic heterocycles. The van der Waals surface area contributed by atoms with Crippen molar-refractivity contribution in [2.45, 2.75) is 39.3 Å². The van der Waals surface area contributed by atoms with Gasteiger partial charge in [-0.3, -0.25) is 14.5 Å². The minimum absolute atomic E-state index is 0.0196. The first-order valence-corrected chi connectivity index (χ1v) is 10.1. The van der Waals surface area contributed by atoms with E-state index in [1.54, 1.807) is 16.6 Å². The van der Waals surface area contributed by atoms with E-state index in [-0.39, 0.29) is 11.8 Å². The van der Waals surface area contributed by atoms with Gasteiger partial charge in [-0.2, -0.15) is 5.10 Å².